The molecule has 0 fully saturated rings. The van der Waals surface area contributed by atoms with Gasteiger partial charge in [0.2, 0.25) is 0 Å². The fourth-order valence-electron chi connectivity index (χ4n) is 2.39. The predicted octanol–water partition coefficient (Wildman–Crippen LogP) is 4.56. The van der Waals surface area contributed by atoms with Gasteiger partial charge in [-0.1, -0.05) is 12.1 Å². The highest BCUT2D eigenvalue weighted by atomic mass is 19.1. The standard InChI is InChI=1S/C20H15F2N3O2/c1-12(26)13-3-2-4-15(9-13)24-16-7-8-23-19(11-16)20(27)25-18-6-5-14(21)10-17(18)22/h2-11H,1H3,(H,23,24)(H,25,27). The Morgan fingerprint density at radius 1 is 0.963 bits per heavy atom. The number of hydrogen-bond donors (Lipinski definition) is 2. The molecule has 2 N–H and O–H groups in total. The zero-order valence-corrected chi connectivity index (χ0v) is 14.3. The van der Waals surface area contributed by atoms with Crippen molar-refractivity contribution in [1.29, 1.82) is 0 Å². The molecule has 0 atom stereocenters. The Hall–Kier alpha value is -3.61. The second kappa shape index (κ2) is 7.74. The maximum Gasteiger partial charge on any atom is 0.274 e. The number of halogens is 2. The van der Waals surface area contributed by atoms with Crippen molar-refractivity contribution in [2.24, 2.45) is 0 Å². The number of carbonyl (C=O) groups is 2. The molecule has 0 saturated heterocycles. The average molecular weight is 367 g/mol. The third-order valence-electron chi connectivity index (χ3n) is 3.73. The lowest BCUT2D eigenvalue weighted by Gasteiger charge is -2.10. The van der Waals surface area contributed by atoms with E-state index in [1.54, 1.807) is 30.3 Å². The summed E-state index contributed by atoms with van der Waals surface area (Å²) in [6.45, 7) is 1.47. The number of anilines is 3. The lowest BCUT2D eigenvalue weighted by molar-refractivity contribution is 0.101. The summed E-state index contributed by atoms with van der Waals surface area (Å²) in [6.07, 6.45) is 1.42. The fraction of sp³-hybridized carbons (Fsp3) is 0.0500. The molecule has 0 radical (unpaired) electrons. The van der Waals surface area contributed by atoms with Crippen molar-refractivity contribution in [1.82, 2.24) is 4.98 Å². The number of amides is 1. The van der Waals surface area contributed by atoms with Crippen molar-refractivity contribution in [2.45, 2.75) is 6.92 Å². The first kappa shape index (κ1) is 18.2. The molecule has 1 aromatic heterocycles. The molecule has 27 heavy (non-hydrogen) atoms. The molecule has 7 heteroatoms. The van der Waals surface area contributed by atoms with Gasteiger partial charge in [0.05, 0.1) is 5.69 Å². The first-order valence-electron chi connectivity index (χ1n) is 8.03. The summed E-state index contributed by atoms with van der Waals surface area (Å²) in [7, 11) is 0. The monoisotopic (exact) mass is 367 g/mol. The van der Waals surface area contributed by atoms with Gasteiger partial charge in [0.25, 0.3) is 5.91 Å². The van der Waals surface area contributed by atoms with Crippen LogP contribution in [0.3, 0.4) is 0 Å². The molecule has 3 aromatic rings. The van der Waals surface area contributed by atoms with Gasteiger partial charge in [0, 0.05) is 29.2 Å². The van der Waals surface area contributed by atoms with E-state index in [-0.39, 0.29) is 17.2 Å². The fourth-order valence-corrected chi connectivity index (χ4v) is 2.39. The molecule has 0 aliphatic carbocycles. The van der Waals surface area contributed by atoms with Gasteiger partial charge in [-0.3, -0.25) is 14.6 Å². The van der Waals surface area contributed by atoms with Crippen molar-refractivity contribution >= 4 is 28.8 Å². The Labute approximate surface area is 154 Å². The average Bonchev–Trinajstić information content (AvgIpc) is 2.64. The van der Waals surface area contributed by atoms with E-state index in [0.29, 0.717) is 23.0 Å². The molecule has 0 saturated carbocycles. The number of ketones is 1. The Balaban J connectivity index is 1.77. The third-order valence-corrected chi connectivity index (χ3v) is 3.73. The van der Waals surface area contributed by atoms with Crippen LogP contribution in [0, 0.1) is 11.6 Å². The zero-order chi connectivity index (χ0) is 19.4. The number of carbonyl (C=O) groups excluding carboxylic acids is 2. The number of nitrogens with zero attached hydrogens (tertiary/aromatic N) is 1. The van der Waals surface area contributed by atoms with Gasteiger partial charge in [0.1, 0.15) is 17.3 Å². The van der Waals surface area contributed by atoms with Crippen LogP contribution in [0.15, 0.2) is 60.8 Å². The smallest absolute Gasteiger partial charge is 0.274 e. The quantitative estimate of drug-likeness (QED) is 0.649. The highest BCUT2D eigenvalue weighted by Crippen LogP contribution is 2.20. The third kappa shape index (κ3) is 4.52. The van der Waals surface area contributed by atoms with E-state index in [2.05, 4.69) is 15.6 Å². The van der Waals surface area contributed by atoms with E-state index >= 15 is 0 Å². The minimum atomic E-state index is -0.876. The molecular weight excluding hydrogens is 352 g/mol. The summed E-state index contributed by atoms with van der Waals surface area (Å²) in [5, 5.41) is 5.43. The minimum absolute atomic E-state index is 0.0476. The first-order valence-corrected chi connectivity index (χ1v) is 8.03. The van der Waals surface area contributed by atoms with E-state index < -0.39 is 17.5 Å². The van der Waals surface area contributed by atoms with Gasteiger partial charge >= 0.3 is 0 Å². The van der Waals surface area contributed by atoms with Crippen LogP contribution >= 0.6 is 0 Å². The molecular formula is C20H15F2N3O2. The summed E-state index contributed by atoms with van der Waals surface area (Å²) < 4.78 is 26.6. The molecule has 3 rings (SSSR count). The second-order valence-corrected chi connectivity index (χ2v) is 5.77. The van der Waals surface area contributed by atoms with E-state index in [4.69, 9.17) is 0 Å². The summed E-state index contributed by atoms with van der Waals surface area (Å²) in [5.74, 6) is -2.31. The van der Waals surface area contributed by atoms with Gasteiger partial charge in [-0.25, -0.2) is 8.78 Å². The van der Waals surface area contributed by atoms with Crippen LogP contribution in [0.5, 0.6) is 0 Å². The number of nitrogens with one attached hydrogen (secondary N) is 2. The largest absolute Gasteiger partial charge is 0.355 e. The Morgan fingerprint density at radius 3 is 2.48 bits per heavy atom. The minimum Gasteiger partial charge on any atom is -0.355 e. The molecule has 1 heterocycles. The van der Waals surface area contributed by atoms with Crippen LogP contribution in [0.25, 0.3) is 0 Å². The summed E-state index contributed by atoms with van der Waals surface area (Å²) in [5.41, 5.74) is 1.70. The number of rotatable bonds is 5. The Kier molecular flexibility index (Phi) is 5.21. The number of hydrogen-bond acceptors (Lipinski definition) is 4. The van der Waals surface area contributed by atoms with Gasteiger partial charge in [-0.05, 0) is 43.3 Å². The van der Waals surface area contributed by atoms with E-state index in [9.17, 15) is 18.4 Å². The SMILES string of the molecule is CC(=O)c1cccc(Nc2ccnc(C(=O)Nc3ccc(F)cc3F)c2)c1. The van der Waals surface area contributed by atoms with Crippen molar-refractivity contribution in [3.05, 3.63) is 83.7 Å². The topological polar surface area (TPSA) is 71.1 Å². The predicted molar refractivity (Wildman–Crippen MR) is 98.3 cm³/mol. The van der Waals surface area contributed by atoms with Gasteiger partial charge in [0.15, 0.2) is 5.78 Å². The zero-order valence-electron chi connectivity index (χ0n) is 14.3. The van der Waals surface area contributed by atoms with E-state index in [0.717, 1.165) is 12.1 Å². The summed E-state index contributed by atoms with van der Waals surface area (Å²) in [6, 6.07) is 12.9. The lowest BCUT2D eigenvalue weighted by Crippen LogP contribution is -2.15. The van der Waals surface area contributed by atoms with Crippen molar-refractivity contribution in [3.8, 4) is 0 Å². The maximum absolute atomic E-state index is 13.7. The number of benzene rings is 2. The van der Waals surface area contributed by atoms with E-state index in [1.165, 1.54) is 19.2 Å². The van der Waals surface area contributed by atoms with Crippen LogP contribution in [-0.4, -0.2) is 16.7 Å². The van der Waals surface area contributed by atoms with Crippen LogP contribution in [-0.2, 0) is 0 Å². The van der Waals surface area contributed by atoms with Crippen LogP contribution < -0.4 is 10.6 Å². The summed E-state index contributed by atoms with van der Waals surface area (Å²) in [4.78, 5) is 27.7. The molecule has 2 aromatic carbocycles. The molecule has 136 valence electrons. The van der Waals surface area contributed by atoms with Gasteiger partial charge < -0.3 is 10.6 Å². The van der Waals surface area contributed by atoms with Crippen LogP contribution in [0.4, 0.5) is 25.8 Å². The second-order valence-electron chi connectivity index (χ2n) is 5.77. The molecule has 0 bridgehead atoms. The molecule has 0 spiro atoms. The number of aromatic nitrogens is 1. The first-order chi connectivity index (χ1) is 12.9. The summed E-state index contributed by atoms with van der Waals surface area (Å²) >= 11 is 0. The number of Topliss-reactive ketones (excluding diaryl/α,β-unsaturated/α-hetero) is 1. The lowest BCUT2D eigenvalue weighted by atomic mass is 10.1. The maximum atomic E-state index is 13.7. The van der Waals surface area contributed by atoms with E-state index in [1.807, 2.05) is 0 Å². The number of pyridine rings is 1. The van der Waals surface area contributed by atoms with Gasteiger partial charge in [-0.15, -0.1) is 0 Å². The molecule has 0 aliphatic heterocycles. The van der Waals surface area contributed by atoms with Crippen LogP contribution in [0.2, 0.25) is 0 Å². The Morgan fingerprint density at radius 2 is 1.74 bits per heavy atom. The van der Waals surface area contributed by atoms with Crippen molar-refractivity contribution in [2.75, 3.05) is 10.6 Å². The van der Waals surface area contributed by atoms with Gasteiger partial charge in [-0.2, -0.15) is 0 Å². The highest BCUT2D eigenvalue weighted by molar-refractivity contribution is 6.03. The van der Waals surface area contributed by atoms with Crippen molar-refractivity contribution < 1.29 is 18.4 Å². The molecule has 0 aliphatic rings. The van der Waals surface area contributed by atoms with Crippen molar-refractivity contribution in [3.63, 3.8) is 0 Å². The molecule has 1 amide bonds. The highest BCUT2D eigenvalue weighted by Gasteiger charge is 2.12. The molecule has 5 nitrogen and oxygen atoms in total. The van der Waals surface area contributed by atoms with Crippen LogP contribution in [0.1, 0.15) is 27.8 Å². The normalized spacial score (nSPS) is 10.3. The molecule has 0 unspecified atom stereocenters. The Bertz CT molecular complexity index is 1020.